The molecule has 3 aromatic rings. The average molecular weight is 430 g/mol. The van der Waals surface area contributed by atoms with Crippen LogP contribution in [0, 0.1) is 0 Å². The largest absolute Gasteiger partial charge is 0.493 e. The van der Waals surface area contributed by atoms with E-state index in [-0.39, 0.29) is 11.9 Å². The predicted molar refractivity (Wildman–Crippen MR) is 128 cm³/mol. The van der Waals surface area contributed by atoms with Crippen LogP contribution in [0.15, 0.2) is 84.9 Å². The van der Waals surface area contributed by atoms with E-state index in [4.69, 9.17) is 4.74 Å². The number of piperazine rings is 1. The number of carbonyl (C=O) groups excluding carboxylic acids is 1. The number of quaternary nitrogens is 1. The van der Waals surface area contributed by atoms with Crippen LogP contribution in [-0.4, -0.2) is 43.6 Å². The Morgan fingerprint density at radius 3 is 2.03 bits per heavy atom. The molecular formula is C28H33N2O2+. The molecule has 0 radical (unpaired) electrons. The number of amides is 1. The van der Waals surface area contributed by atoms with Crippen molar-refractivity contribution in [1.29, 1.82) is 0 Å². The van der Waals surface area contributed by atoms with Gasteiger partial charge in [0.05, 0.1) is 38.3 Å². The van der Waals surface area contributed by atoms with Gasteiger partial charge in [0.2, 0.25) is 0 Å². The van der Waals surface area contributed by atoms with Crippen LogP contribution in [0.1, 0.15) is 47.3 Å². The van der Waals surface area contributed by atoms with E-state index in [0.717, 1.165) is 39.0 Å². The summed E-state index contributed by atoms with van der Waals surface area (Å²) in [7, 11) is 0. The molecule has 1 N–H and O–H groups in total. The van der Waals surface area contributed by atoms with Crippen molar-refractivity contribution in [1.82, 2.24) is 4.90 Å². The number of nitrogens with zero attached hydrogens (tertiary/aromatic N) is 1. The third-order valence-electron chi connectivity index (χ3n) is 6.24. The van der Waals surface area contributed by atoms with Crippen LogP contribution in [-0.2, 0) is 0 Å². The number of carbonyl (C=O) groups is 1. The molecule has 0 spiro atoms. The van der Waals surface area contributed by atoms with Crippen LogP contribution in [0.5, 0.6) is 5.75 Å². The van der Waals surface area contributed by atoms with Gasteiger partial charge in [0.1, 0.15) is 11.8 Å². The molecule has 0 unspecified atom stereocenters. The number of unbranched alkanes of at least 4 members (excludes halogenated alkanes) is 1. The second-order valence-electron chi connectivity index (χ2n) is 8.40. The Bertz CT molecular complexity index is 943. The van der Waals surface area contributed by atoms with Gasteiger partial charge in [-0.15, -0.1) is 0 Å². The highest BCUT2D eigenvalue weighted by Crippen LogP contribution is 2.22. The number of rotatable bonds is 8. The van der Waals surface area contributed by atoms with Crippen LogP contribution in [0.2, 0.25) is 0 Å². The second kappa shape index (κ2) is 11.0. The summed E-state index contributed by atoms with van der Waals surface area (Å²) >= 11 is 0. The SMILES string of the molecule is CCCCOc1ccccc1C(=O)N1CC[NH+](C(c2ccccc2)c2ccccc2)CC1. The molecule has 4 nitrogen and oxygen atoms in total. The van der Waals surface area contributed by atoms with Crippen molar-refractivity contribution in [2.24, 2.45) is 0 Å². The highest BCUT2D eigenvalue weighted by molar-refractivity contribution is 5.97. The van der Waals surface area contributed by atoms with Crippen molar-refractivity contribution in [2.75, 3.05) is 32.8 Å². The first kappa shape index (κ1) is 22.1. The minimum Gasteiger partial charge on any atom is -0.493 e. The first-order valence-electron chi connectivity index (χ1n) is 11.7. The van der Waals surface area contributed by atoms with Crippen molar-refractivity contribution in [3.63, 3.8) is 0 Å². The number of para-hydroxylation sites is 1. The summed E-state index contributed by atoms with van der Waals surface area (Å²) in [6.07, 6.45) is 2.07. The summed E-state index contributed by atoms with van der Waals surface area (Å²) in [5.74, 6) is 0.777. The molecule has 4 rings (SSSR count). The first-order valence-corrected chi connectivity index (χ1v) is 11.7. The molecule has 1 heterocycles. The lowest BCUT2D eigenvalue weighted by atomic mass is 9.96. The van der Waals surface area contributed by atoms with Crippen LogP contribution >= 0.6 is 0 Å². The zero-order valence-electron chi connectivity index (χ0n) is 18.9. The lowest BCUT2D eigenvalue weighted by molar-refractivity contribution is -0.929. The van der Waals surface area contributed by atoms with E-state index >= 15 is 0 Å². The molecule has 0 atom stereocenters. The number of ether oxygens (including phenoxy) is 1. The maximum atomic E-state index is 13.3. The molecule has 0 aliphatic carbocycles. The summed E-state index contributed by atoms with van der Waals surface area (Å²) in [5.41, 5.74) is 3.32. The summed E-state index contributed by atoms with van der Waals surface area (Å²) in [6, 6.07) is 29.4. The van der Waals surface area contributed by atoms with Gasteiger partial charge in [-0.2, -0.15) is 0 Å². The van der Waals surface area contributed by atoms with E-state index in [2.05, 4.69) is 67.6 Å². The lowest BCUT2D eigenvalue weighted by Crippen LogP contribution is -3.15. The standard InChI is InChI=1S/C28H32N2O2/c1-2-3-22-32-26-17-11-10-16-25(26)28(31)30-20-18-29(19-21-30)27(23-12-6-4-7-13-23)24-14-8-5-9-15-24/h4-17,27H,2-3,18-22H2,1H3/p+1. The third-order valence-corrected chi connectivity index (χ3v) is 6.24. The number of hydrogen-bond acceptors (Lipinski definition) is 2. The van der Waals surface area contributed by atoms with Crippen molar-refractivity contribution < 1.29 is 14.4 Å². The van der Waals surface area contributed by atoms with Crippen LogP contribution < -0.4 is 9.64 Å². The lowest BCUT2D eigenvalue weighted by Gasteiger charge is -2.37. The zero-order chi connectivity index (χ0) is 22.2. The topological polar surface area (TPSA) is 34.0 Å². The Kier molecular flexibility index (Phi) is 7.57. The molecule has 166 valence electrons. The maximum absolute atomic E-state index is 13.3. The monoisotopic (exact) mass is 429 g/mol. The van der Waals surface area contributed by atoms with Crippen molar-refractivity contribution >= 4 is 5.91 Å². The number of hydrogen-bond donors (Lipinski definition) is 1. The normalized spacial score (nSPS) is 14.5. The summed E-state index contributed by atoms with van der Waals surface area (Å²) < 4.78 is 5.91. The van der Waals surface area contributed by atoms with Gasteiger partial charge in [-0.3, -0.25) is 4.79 Å². The molecule has 3 aromatic carbocycles. The fraction of sp³-hybridized carbons (Fsp3) is 0.321. The summed E-state index contributed by atoms with van der Waals surface area (Å²) in [5, 5.41) is 0. The fourth-order valence-corrected chi connectivity index (χ4v) is 4.51. The molecule has 0 saturated carbocycles. The highest BCUT2D eigenvalue weighted by atomic mass is 16.5. The van der Waals surface area contributed by atoms with Crippen LogP contribution in [0.25, 0.3) is 0 Å². The van der Waals surface area contributed by atoms with E-state index in [1.807, 2.05) is 29.2 Å². The zero-order valence-corrected chi connectivity index (χ0v) is 18.9. The molecular weight excluding hydrogens is 396 g/mol. The molecule has 4 heteroatoms. The Hall–Kier alpha value is -3.11. The van der Waals surface area contributed by atoms with Gasteiger partial charge in [0.25, 0.3) is 5.91 Å². The van der Waals surface area contributed by atoms with E-state index in [0.29, 0.717) is 17.9 Å². The second-order valence-corrected chi connectivity index (χ2v) is 8.40. The summed E-state index contributed by atoms with van der Waals surface area (Å²) in [6.45, 7) is 6.11. The van der Waals surface area contributed by atoms with E-state index in [9.17, 15) is 4.79 Å². The van der Waals surface area contributed by atoms with Gasteiger partial charge >= 0.3 is 0 Å². The Balaban J connectivity index is 1.47. The Morgan fingerprint density at radius 2 is 1.44 bits per heavy atom. The molecule has 1 fully saturated rings. The van der Waals surface area contributed by atoms with E-state index < -0.39 is 0 Å². The predicted octanol–water partition coefficient (Wildman–Crippen LogP) is 4.00. The third kappa shape index (κ3) is 5.20. The Morgan fingerprint density at radius 1 is 0.875 bits per heavy atom. The van der Waals surface area contributed by atoms with Gasteiger partial charge in [-0.25, -0.2) is 0 Å². The molecule has 32 heavy (non-hydrogen) atoms. The minimum atomic E-state index is 0.0760. The van der Waals surface area contributed by atoms with Gasteiger partial charge in [0, 0.05) is 11.1 Å². The maximum Gasteiger partial charge on any atom is 0.258 e. The van der Waals surface area contributed by atoms with Crippen LogP contribution in [0.4, 0.5) is 0 Å². The minimum absolute atomic E-state index is 0.0760. The van der Waals surface area contributed by atoms with Gasteiger partial charge in [-0.05, 0) is 18.6 Å². The molecule has 1 saturated heterocycles. The van der Waals surface area contributed by atoms with Crippen molar-refractivity contribution in [2.45, 2.75) is 25.8 Å². The quantitative estimate of drug-likeness (QED) is 0.550. The molecule has 1 aliphatic rings. The number of benzene rings is 3. The van der Waals surface area contributed by atoms with Crippen LogP contribution in [0.3, 0.4) is 0 Å². The molecule has 0 aromatic heterocycles. The van der Waals surface area contributed by atoms with E-state index in [1.54, 1.807) is 0 Å². The smallest absolute Gasteiger partial charge is 0.258 e. The molecule has 0 bridgehead atoms. The van der Waals surface area contributed by atoms with Crippen molar-refractivity contribution in [3.05, 3.63) is 102 Å². The number of nitrogens with one attached hydrogen (secondary N) is 1. The van der Waals surface area contributed by atoms with Gasteiger partial charge in [0.15, 0.2) is 0 Å². The fourth-order valence-electron chi connectivity index (χ4n) is 4.51. The first-order chi connectivity index (χ1) is 15.8. The Labute approximate surface area is 191 Å². The van der Waals surface area contributed by atoms with Gasteiger partial charge in [-0.1, -0.05) is 86.1 Å². The molecule has 1 aliphatic heterocycles. The van der Waals surface area contributed by atoms with E-state index in [1.165, 1.54) is 16.0 Å². The average Bonchev–Trinajstić information content (AvgIpc) is 2.86. The van der Waals surface area contributed by atoms with Gasteiger partial charge < -0.3 is 14.5 Å². The van der Waals surface area contributed by atoms with Crippen molar-refractivity contribution in [3.8, 4) is 5.75 Å². The highest BCUT2D eigenvalue weighted by Gasteiger charge is 2.32. The summed E-state index contributed by atoms with van der Waals surface area (Å²) in [4.78, 5) is 16.8. The molecule has 1 amide bonds.